The first-order valence-corrected chi connectivity index (χ1v) is 11.1. The van der Waals surface area contributed by atoms with Crippen LogP contribution in [-0.4, -0.2) is 60.2 Å². The van der Waals surface area contributed by atoms with Crippen LogP contribution in [-0.2, 0) is 9.59 Å². The summed E-state index contributed by atoms with van der Waals surface area (Å²) < 4.78 is 14.0. The second kappa shape index (κ2) is 9.18. The molecule has 162 valence electrons. The molecule has 2 heterocycles. The zero-order valence-electron chi connectivity index (χ0n) is 17.0. The SMILES string of the molecule is O=C(c1ccc(F)cc1)N1CCCN(C(=O)C2CCN(c3cccc(Br)c3)C2=O)CC1. The summed E-state index contributed by atoms with van der Waals surface area (Å²) in [4.78, 5) is 43.8. The van der Waals surface area contributed by atoms with Crippen LogP contribution in [0.25, 0.3) is 0 Å². The fourth-order valence-corrected chi connectivity index (χ4v) is 4.53. The summed E-state index contributed by atoms with van der Waals surface area (Å²) in [6.45, 7) is 2.30. The van der Waals surface area contributed by atoms with Crippen LogP contribution in [0.1, 0.15) is 23.2 Å². The lowest BCUT2D eigenvalue weighted by atomic mass is 10.1. The third-order valence-electron chi connectivity index (χ3n) is 5.81. The van der Waals surface area contributed by atoms with Crippen LogP contribution in [0.3, 0.4) is 0 Å². The number of hydrogen-bond donors (Lipinski definition) is 0. The summed E-state index contributed by atoms with van der Waals surface area (Å²) in [6, 6.07) is 13.0. The second-order valence-corrected chi connectivity index (χ2v) is 8.70. The van der Waals surface area contributed by atoms with Crippen LogP contribution in [0.4, 0.5) is 10.1 Å². The molecule has 1 unspecified atom stereocenters. The molecule has 4 rings (SSSR count). The van der Waals surface area contributed by atoms with Crippen molar-refractivity contribution in [2.45, 2.75) is 12.8 Å². The number of benzene rings is 2. The Kier molecular flexibility index (Phi) is 6.36. The van der Waals surface area contributed by atoms with E-state index in [-0.39, 0.29) is 23.5 Å². The lowest BCUT2D eigenvalue weighted by Crippen LogP contribution is -2.42. The molecular weight excluding hydrogens is 465 g/mol. The Hall–Kier alpha value is -2.74. The topological polar surface area (TPSA) is 60.9 Å². The van der Waals surface area contributed by atoms with Gasteiger partial charge in [0.1, 0.15) is 11.7 Å². The molecular formula is C23H23BrFN3O3. The van der Waals surface area contributed by atoms with Crippen LogP contribution >= 0.6 is 15.9 Å². The Bertz CT molecular complexity index is 998. The molecule has 3 amide bonds. The summed E-state index contributed by atoms with van der Waals surface area (Å²) in [6.07, 6.45) is 1.12. The van der Waals surface area contributed by atoms with Gasteiger partial charge in [-0.3, -0.25) is 14.4 Å². The van der Waals surface area contributed by atoms with E-state index in [0.717, 1.165) is 10.2 Å². The van der Waals surface area contributed by atoms with Crippen molar-refractivity contribution < 1.29 is 18.8 Å². The zero-order chi connectivity index (χ0) is 22.0. The third-order valence-corrected chi connectivity index (χ3v) is 6.30. The lowest BCUT2D eigenvalue weighted by molar-refractivity contribution is -0.139. The Labute approximate surface area is 188 Å². The highest BCUT2D eigenvalue weighted by Crippen LogP contribution is 2.28. The van der Waals surface area contributed by atoms with Gasteiger partial charge in [-0.2, -0.15) is 0 Å². The molecule has 31 heavy (non-hydrogen) atoms. The lowest BCUT2D eigenvalue weighted by Gasteiger charge is -2.24. The zero-order valence-corrected chi connectivity index (χ0v) is 18.6. The van der Waals surface area contributed by atoms with Crippen LogP contribution in [0.2, 0.25) is 0 Å². The predicted octanol–water partition coefficient (Wildman–Crippen LogP) is 3.32. The number of hydrogen-bond acceptors (Lipinski definition) is 3. The first-order valence-electron chi connectivity index (χ1n) is 10.3. The van der Waals surface area contributed by atoms with E-state index >= 15 is 0 Å². The van der Waals surface area contributed by atoms with E-state index in [1.165, 1.54) is 24.3 Å². The van der Waals surface area contributed by atoms with Gasteiger partial charge in [0.2, 0.25) is 11.8 Å². The Balaban J connectivity index is 1.39. The van der Waals surface area contributed by atoms with Gasteiger partial charge in [-0.15, -0.1) is 0 Å². The van der Waals surface area contributed by atoms with Crippen molar-refractivity contribution in [2.75, 3.05) is 37.6 Å². The monoisotopic (exact) mass is 487 g/mol. The largest absolute Gasteiger partial charge is 0.340 e. The van der Waals surface area contributed by atoms with Gasteiger partial charge in [0.05, 0.1) is 0 Å². The average molecular weight is 488 g/mol. The molecule has 2 fully saturated rings. The Morgan fingerprint density at radius 1 is 0.935 bits per heavy atom. The summed E-state index contributed by atoms with van der Waals surface area (Å²) in [5, 5.41) is 0. The summed E-state index contributed by atoms with van der Waals surface area (Å²) >= 11 is 3.42. The molecule has 0 N–H and O–H groups in total. The second-order valence-electron chi connectivity index (χ2n) is 7.79. The predicted molar refractivity (Wildman–Crippen MR) is 118 cm³/mol. The van der Waals surface area contributed by atoms with Crippen LogP contribution < -0.4 is 4.90 Å². The fraction of sp³-hybridized carbons (Fsp3) is 0.348. The summed E-state index contributed by atoms with van der Waals surface area (Å²) in [5.74, 6) is -1.59. The maximum Gasteiger partial charge on any atom is 0.253 e. The number of amides is 3. The molecule has 0 spiro atoms. The van der Waals surface area contributed by atoms with Crippen molar-refractivity contribution >= 4 is 39.3 Å². The summed E-state index contributed by atoms with van der Waals surface area (Å²) in [7, 11) is 0. The molecule has 8 heteroatoms. The van der Waals surface area contributed by atoms with Crippen LogP contribution in [0, 0.1) is 11.7 Å². The molecule has 0 radical (unpaired) electrons. The van der Waals surface area contributed by atoms with Gasteiger partial charge in [0.15, 0.2) is 0 Å². The van der Waals surface area contributed by atoms with Gasteiger partial charge in [-0.05, 0) is 55.3 Å². The highest BCUT2D eigenvalue weighted by Gasteiger charge is 2.40. The number of rotatable bonds is 3. The van der Waals surface area contributed by atoms with Crippen molar-refractivity contribution in [3.8, 4) is 0 Å². The van der Waals surface area contributed by atoms with Gasteiger partial charge in [0.25, 0.3) is 5.91 Å². The molecule has 1 atom stereocenters. The van der Waals surface area contributed by atoms with Gasteiger partial charge in [0, 0.05) is 48.4 Å². The molecule has 2 aromatic carbocycles. The average Bonchev–Trinajstić information content (AvgIpc) is 2.98. The van der Waals surface area contributed by atoms with E-state index in [2.05, 4.69) is 15.9 Å². The minimum absolute atomic E-state index is 0.168. The van der Waals surface area contributed by atoms with Crippen molar-refractivity contribution in [1.82, 2.24) is 9.80 Å². The molecule has 0 saturated carbocycles. The number of halogens is 2. The fourth-order valence-electron chi connectivity index (χ4n) is 4.15. The van der Waals surface area contributed by atoms with Gasteiger partial charge in [-0.25, -0.2) is 4.39 Å². The van der Waals surface area contributed by atoms with E-state index < -0.39 is 5.92 Å². The van der Waals surface area contributed by atoms with Gasteiger partial charge in [-0.1, -0.05) is 22.0 Å². The quantitative estimate of drug-likeness (QED) is 0.623. The first-order chi connectivity index (χ1) is 14.9. The van der Waals surface area contributed by atoms with Gasteiger partial charge < -0.3 is 14.7 Å². The normalized spacial score (nSPS) is 19.5. The van der Waals surface area contributed by atoms with Crippen LogP contribution in [0.5, 0.6) is 0 Å². The van der Waals surface area contributed by atoms with Crippen LogP contribution in [0.15, 0.2) is 53.0 Å². The van der Waals surface area contributed by atoms with E-state index in [4.69, 9.17) is 0 Å². The maximum absolute atomic E-state index is 13.1. The number of anilines is 1. The molecule has 0 aliphatic carbocycles. The third kappa shape index (κ3) is 4.63. The maximum atomic E-state index is 13.1. The molecule has 0 bridgehead atoms. The van der Waals surface area contributed by atoms with E-state index in [1.54, 1.807) is 14.7 Å². The van der Waals surface area contributed by atoms with Crippen molar-refractivity contribution in [2.24, 2.45) is 5.92 Å². The molecule has 2 aliphatic heterocycles. The molecule has 0 aromatic heterocycles. The number of carbonyl (C=O) groups is 3. The molecule has 2 saturated heterocycles. The van der Waals surface area contributed by atoms with E-state index in [9.17, 15) is 18.8 Å². The van der Waals surface area contributed by atoms with Crippen molar-refractivity contribution in [1.29, 1.82) is 0 Å². The molecule has 6 nitrogen and oxygen atoms in total. The minimum Gasteiger partial charge on any atom is -0.340 e. The Morgan fingerprint density at radius 2 is 1.65 bits per heavy atom. The van der Waals surface area contributed by atoms with E-state index in [0.29, 0.717) is 51.1 Å². The standard InChI is InChI=1S/C23H23BrFN3O3/c24-17-3-1-4-19(15-17)28-12-9-20(23(28)31)22(30)27-11-2-10-26(13-14-27)21(29)16-5-7-18(25)8-6-16/h1,3-8,15,20H,2,9-14H2. The molecule has 2 aliphatic rings. The number of carbonyl (C=O) groups excluding carboxylic acids is 3. The highest BCUT2D eigenvalue weighted by atomic mass is 79.9. The molecule has 2 aromatic rings. The van der Waals surface area contributed by atoms with Crippen molar-refractivity contribution in [3.05, 3.63) is 64.4 Å². The summed E-state index contributed by atoms with van der Waals surface area (Å²) in [5.41, 5.74) is 1.21. The first kappa shape index (κ1) is 21.5. The van der Waals surface area contributed by atoms with E-state index in [1.807, 2.05) is 24.3 Å². The van der Waals surface area contributed by atoms with Crippen molar-refractivity contribution in [3.63, 3.8) is 0 Å². The smallest absolute Gasteiger partial charge is 0.253 e. The Morgan fingerprint density at radius 3 is 2.39 bits per heavy atom. The van der Waals surface area contributed by atoms with Gasteiger partial charge >= 0.3 is 0 Å². The number of nitrogens with zero attached hydrogens (tertiary/aromatic N) is 3. The highest BCUT2D eigenvalue weighted by molar-refractivity contribution is 9.10. The minimum atomic E-state index is -0.682.